The number of amides is 1. The molecule has 0 bridgehead atoms. The summed E-state index contributed by atoms with van der Waals surface area (Å²) >= 11 is 0. The molecular formula is C25H22F4N2O6. The zero-order chi connectivity index (χ0) is 27.5. The van der Waals surface area contributed by atoms with Crippen LogP contribution in [-0.2, 0) is 13.2 Å². The summed E-state index contributed by atoms with van der Waals surface area (Å²) < 4.78 is 59.6. The fourth-order valence-corrected chi connectivity index (χ4v) is 3.56. The van der Waals surface area contributed by atoms with Crippen molar-refractivity contribution in [2.45, 2.75) is 19.5 Å². The number of alkyl halides is 3. The van der Waals surface area contributed by atoms with Gasteiger partial charge >= 0.3 is 12.1 Å². The Hall–Kier alpha value is -4.35. The molecule has 0 unspecified atom stereocenters. The number of aryl methyl sites for hydroxylation is 1. The summed E-state index contributed by atoms with van der Waals surface area (Å²) in [5, 5.41) is 21.7. The van der Waals surface area contributed by atoms with Crippen LogP contribution in [0.25, 0.3) is 11.3 Å². The Labute approximate surface area is 207 Å². The fourth-order valence-electron chi connectivity index (χ4n) is 3.56. The van der Waals surface area contributed by atoms with Crippen LogP contribution < -0.4 is 15.6 Å². The third kappa shape index (κ3) is 6.26. The number of carbonyl (C=O) groups excluding carboxylic acids is 1. The van der Waals surface area contributed by atoms with Crippen LogP contribution in [0.2, 0.25) is 0 Å². The number of carboxylic acids is 1. The van der Waals surface area contributed by atoms with E-state index in [-0.39, 0.29) is 30.0 Å². The highest BCUT2D eigenvalue weighted by Crippen LogP contribution is 2.33. The molecule has 8 nitrogen and oxygen atoms in total. The van der Waals surface area contributed by atoms with E-state index in [4.69, 9.17) is 9.84 Å². The lowest BCUT2D eigenvalue weighted by atomic mass is 10.0. The summed E-state index contributed by atoms with van der Waals surface area (Å²) in [5.74, 6) is -3.61. The van der Waals surface area contributed by atoms with E-state index in [1.54, 1.807) is 13.0 Å². The molecule has 2 aromatic carbocycles. The van der Waals surface area contributed by atoms with Crippen molar-refractivity contribution in [1.29, 1.82) is 0 Å². The number of aromatic carboxylic acids is 1. The predicted octanol–water partition coefficient (Wildman–Crippen LogP) is 4.12. The first-order chi connectivity index (χ1) is 17.3. The Bertz CT molecular complexity index is 1420. The van der Waals surface area contributed by atoms with Gasteiger partial charge in [0.15, 0.2) is 5.75 Å². The third-order valence-corrected chi connectivity index (χ3v) is 5.47. The number of carbonyl (C=O) groups is 2. The van der Waals surface area contributed by atoms with Gasteiger partial charge in [0.1, 0.15) is 11.6 Å². The van der Waals surface area contributed by atoms with Crippen molar-refractivity contribution in [1.82, 2.24) is 9.88 Å². The number of nitrogens with one attached hydrogen (secondary N) is 1. The monoisotopic (exact) mass is 522 g/mol. The maximum absolute atomic E-state index is 13.9. The summed E-state index contributed by atoms with van der Waals surface area (Å²) in [5.41, 5.74) is -2.68. The molecule has 0 spiro atoms. The van der Waals surface area contributed by atoms with Crippen LogP contribution in [0, 0.1) is 12.7 Å². The number of carboxylic acid groups (broad SMARTS) is 1. The lowest BCUT2D eigenvalue weighted by Crippen LogP contribution is -2.29. The summed E-state index contributed by atoms with van der Waals surface area (Å²) in [7, 11) is 1.17. The van der Waals surface area contributed by atoms with Crippen molar-refractivity contribution < 1.29 is 42.1 Å². The molecule has 0 aliphatic carbocycles. The van der Waals surface area contributed by atoms with Crippen LogP contribution in [0.3, 0.4) is 0 Å². The van der Waals surface area contributed by atoms with Crippen molar-refractivity contribution in [3.05, 3.63) is 80.9 Å². The van der Waals surface area contributed by atoms with Gasteiger partial charge in [-0.3, -0.25) is 9.59 Å². The number of pyridine rings is 1. The maximum Gasteiger partial charge on any atom is 0.416 e. The van der Waals surface area contributed by atoms with Gasteiger partial charge in [0.2, 0.25) is 0 Å². The Morgan fingerprint density at radius 2 is 1.78 bits per heavy atom. The molecule has 1 aromatic heterocycles. The smallest absolute Gasteiger partial charge is 0.416 e. The molecule has 3 aromatic rings. The Balaban J connectivity index is 1.72. The second kappa shape index (κ2) is 10.7. The zero-order valence-corrected chi connectivity index (χ0v) is 19.6. The quantitative estimate of drug-likeness (QED) is 0.303. The van der Waals surface area contributed by atoms with Gasteiger partial charge in [-0.2, -0.15) is 13.2 Å². The number of aromatic nitrogens is 1. The second-order valence-corrected chi connectivity index (χ2v) is 8.12. The molecule has 1 heterocycles. The van der Waals surface area contributed by atoms with Crippen LogP contribution in [0.4, 0.5) is 17.6 Å². The van der Waals surface area contributed by atoms with Gasteiger partial charge < -0.3 is 24.8 Å². The number of aromatic hydroxyl groups is 1. The first-order valence-corrected chi connectivity index (χ1v) is 10.9. The lowest BCUT2D eigenvalue weighted by Gasteiger charge is -2.15. The van der Waals surface area contributed by atoms with Gasteiger partial charge in [-0.25, -0.2) is 9.18 Å². The van der Waals surface area contributed by atoms with Crippen molar-refractivity contribution in [3.63, 3.8) is 0 Å². The van der Waals surface area contributed by atoms with Gasteiger partial charge in [0.05, 0.1) is 29.0 Å². The minimum absolute atomic E-state index is 0.0488. The topological polar surface area (TPSA) is 118 Å². The number of nitrogens with zero attached hydrogens (tertiary/aromatic N) is 1. The first kappa shape index (κ1) is 27.2. The Morgan fingerprint density at radius 1 is 1.08 bits per heavy atom. The Kier molecular flexibility index (Phi) is 7.90. The van der Waals surface area contributed by atoms with E-state index >= 15 is 0 Å². The highest BCUT2D eigenvalue weighted by Gasteiger charge is 2.32. The van der Waals surface area contributed by atoms with Crippen LogP contribution in [0.5, 0.6) is 11.5 Å². The number of hydrogen-bond acceptors (Lipinski definition) is 5. The van der Waals surface area contributed by atoms with E-state index in [0.717, 1.165) is 16.7 Å². The average Bonchev–Trinajstić information content (AvgIpc) is 2.81. The van der Waals surface area contributed by atoms with E-state index in [2.05, 4.69) is 5.32 Å². The molecule has 3 rings (SSSR count). The van der Waals surface area contributed by atoms with Crippen LogP contribution >= 0.6 is 0 Å². The average molecular weight is 522 g/mol. The molecule has 0 radical (unpaired) electrons. The van der Waals surface area contributed by atoms with Crippen LogP contribution in [0.15, 0.2) is 47.3 Å². The van der Waals surface area contributed by atoms with Gasteiger partial charge in [0, 0.05) is 19.2 Å². The predicted molar refractivity (Wildman–Crippen MR) is 124 cm³/mol. The fraction of sp³-hybridized carbons (Fsp3) is 0.240. The second-order valence-electron chi connectivity index (χ2n) is 8.12. The number of hydrogen-bond donors (Lipinski definition) is 3. The van der Waals surface area contributed by atoms with Crippen molar-refractivity contribution in [2.24, 2.45) is 7.05 Å². The van der Waals surface area contributed by atoms with E-state index in [0.29, 0.717) is 29.9 Å². The molecule has 0 fully saturated rings. The lowest BCUT2D eigenvalue weighted by molar-refractivity contribution is -0.137. The summed E-state index contributed by atoms with van der Waals surface area (Å²) in [4.78, 5) is 36.1. The number of halogens is 4. The van der Waals surface area contributed by atoms with E-state index < -0.39 is 46.3 Å². The van der Waals surface area contributed by atoms with Crippen LogP contribution in [-0.4, -0.2) is 39.8 Å². The minimum Gasteiger partial charge on any atom is -0.502 e. The zero-order valence-electron chi connectivity index (χ0n) is 19.6. The third-order valence-electron chi connectivity index (χ3n) is 5.47. The number of ether oxygens (including phenoxy) is 1. The molecule has 0 saturated carbocycles. The summed E-state index contributed by atoms with van der Waals surface area (Å²) in [6, 6.07) is 7.18. The van der Waals surface area contributed by atoms with E-state index in [9.17, 15) is 37.1 Å². The minimum atomic E-state index is -4.84. The van der Waals surface area contributed by atoms with E-state index in [1.165, 1.54) is 19.2 Å². The molecule has 0 aliphatic rings. The molecule has 3 N–H and O–H groups in total. The van der Waals surface area contributed by atoms with Gasteiger partial charge in [-0.05, 0) is 61.4 Å². The Morgan fingerprint density at radius 3 is 2.41 bits per heavy atom. The molecule has 196 valence electrons. The summed E-state index contributed by atoms with van der Waals surface area (Å²) in [6.45, 7) is 1.81. The highest BCUT2D eigenvalue weighted by molar-refractivity contribution is 5.97. The molecule has 12 heteroatoms. The largest absolute Gasteiger partial charge is 0.502 e. The van der Waals surface area contributed by atoms with Crippen molar-refractivity contribution >= 4 is 11.9 Å². The molecule has 0 saturated heterocycles. The number of rotatable bonds is 8. The maximum atomic E-state index is 13.9. The molecule has 0 aliphatic heterocycles. The highest BCUT2D eigenvalue weighted by atomic mass is 19.4. The van der Waals surface area contributed by atoms with Gasteiger partial charge in [0.25, 0.3) is 11.5 Å². The SMILES string of the molecule is Cc1cc(OCCCNC(=O)c2cc(-c3cc(F)cc(C(F)(F)F)c3)n(C)c(=O)c2O)ccc1C(=O)O. The molecular weight excluding hydrogens is 500 g/mol. The van der Waals surface area contributed by atoms with Crippen LogP contribution in [0.1, 0.15) is 38.3 Å². The molecule has 1 amide bonds. The number of benzene rings is 2. The van der Waals surface area contributed by atoms with E-state index in [1.807, 2.05) is 0 Å². The summed E-state index contributed by atoms with van der Waals surface area (Å²) in [6.07, 6.45) is -4.55. The van der Waals surface area contributed by atoms with Gasteiger partial charge in [-0.1, -0.05) is 0 Å². The first-order valence-electron chi connectivity index (χ1n) is 10.9. The molecule has 0 atom stereocenters. The van der Waals surface area contributed by atoms with Crippen molar-refractivity contribution in [3.8, 4) is 22.8 Å². The standard InChI is InChI=1S/C25H22F4N2O6/c1-13-8-17(4-5-18(13)24(35)36)37-7-3-6-30-22(33)19-12-20(31(2)23(34)21(19)32)14-9-15(25(27,28)29)11-16(26)10-14/h4-5,8-12,32H,3,6-7H2,1-2H3,(H,30,33)(H,35,36). The van der Waals surface area contributed by atoms with Gasteiger partial charge in [-0.15, -0.1) is 0 Å². The normalized spacial score (nSPS) is 11.3. The van der Waals surface area contributed by atoms with Crippen molar-refractivity contribution in [2.75, 3.05) is 13.2 Å². The molecule has 37 heavy (non-hydrogen) atoms.